The minimum Gasteiger partial charge on any atom is -0.462 e. The van der Waals surface area contributed by atoms with E-state index in [0.29, 0.717) is 11.1 Å². The molecule has 7 nitrogen and oxygen atoms in total. The monoisotopic (exact) mass is 526 g/mol. The maximum absolute atomic E-state index is 15.5. The van der Waals surface area contributed by atoms with Crippen LogP contribution in [-0.4, -0.2) is 28.8 Å². The van der Waals surface area contributed by atoms with Crippen molar-refractivity contribution in [2.24, 2.45) is 0 Å². The van der Waals surface area contributed by atoms with E-state index in [-0.39, 0.29) is 29.6 Å². The number of benzene rings is 1. The molecule has 0 spiro atoms. The van der Waals surface area contributed by atoms with Crippen LogP contribution in [0.3, 0.4) is 0 Å². The lowest BCUT2D eigenvalue weighted by Crippen LogP contribution is -2.35. The fourth-order valence-corrected chi connectivity index (χ4v) is 6.14. The van der Waals surface area contributed by atoms with Gasteiger partial charge in [-0.15, -0.1) is 11.3 Å². The molecule has 9 heteroatoms. The second-order valence-electron chi connectivity index (χ2n) is 10.7. The lowest BCUT2D eigenvalue weighted by atomic mass is 9.93. The number of nitrogens with one attached hydrogen (secondary N) is 1. The van der Waals surface area contributed by atoms with E-state index in [0.717, 1.165) is 47.4 Å². The van der Waals surface area contributed by atoms with Crippen molar-refractivity contribution >= 4 is 34.3 Å². The Kier molecular flexibility index (Phi) is 6.60. The Hall–Kier alpha value is -3.20. The maximum Gasteiger partial charge on any atom is 0.408 e. The molecule has 2 aliphatic carbocycles. The summed E-state index contributed by atoms with van der Waals surface area (Å²) in [5, 5.41) is 3.14. The van der Waals surface area contributed by atoms with Gasteiger partial charge in [0.1, 0.15) is 17.0 Å². The van der Waals surface area contributed by atoms with E-state index in [1.807, 2.05) is 31.4 Å². The molecular weight excluding hydrogens is 495 g/mol. The molecule has 0 saturated heterocycles. The zero-order chi connectivity index (χ0) is 26.5. The second-order valence-corrected chi connectivity index (χ2v) is 11.8. The molecule has 2 aliphatic rings. The van der Waals surface area contributed by atoms with Crippen molar-refractivity contribution in [1.82, 2.24) is 9.88 Å². The molecule has 1 aromatic carbocycles. The third-order valence-electron chi connectivity index (χ3n) is 6.63. The number of alkyl carbamates (subject to hydrolysis) is 1. The number of hydrogen-bond donors (Lipinski definition) is 1. The molecule has 1 N–H and O–H groups in total. The predicted octanol–water partition coefficient (Wildman–Crippen LogP) is 6.28. The molecule has 1 fully saturated rings. The van der Waals surface area contributed by atoms with Gasteiger partial charge in [-0.25, -0.2) is 14.0 Å². The molecule has 0 bridgehead atoms. The standard InChI is InChI=1S/C28H31FN2O5S/c1-5-35-26(33)19-14-31(15-9-10-15)22-12-16(20(29)11-18(22)25(19)32)24-13-17-21(7-6-8-23(17)37-24)30-27(34)36-28(2,3)4/h11-15,21H,5-10H2,1-4H3,(H,30,34). The van der Waals surface area contributed by atoms with E-state index >= 15 is 4.39 Å². The summed E-state index contributed by atoms with van der Waals surface area (Å²) in [4.78, 5) is 39.8. The number of carbonyl (C=O) groups is 2. The van der Waals surface area contributed by atoms with Crippen molar-refractivity contribution in [3.05, 3.63) is 56.4 Å². The van der Waals surface area contributed by atoms with Crippen LogP contribution < -0.4 is 10.7 Å². The predicted molar refractivity (Wildman–Crippen MR) is 141 cm³/mol. The number of fused-ring (bicyclic) bond motifs is 2. The van der Waals surface area contributed by atoms with E-state index in [1.165, 1.54) is 17.4 Å². The smallest absolute Gasteiger partial charge is 0.408 e. The van der Waals surface area contributed by atoms with Crippen molar-refractivity contribution in [1.29, 1.82) is 0 Å². The average molecular weight is 527 g/mol. The van der Waals surface area contributed by atoms with Crippen LogP contribution in [0.1, 0.15) is 86.3 Å². The highest BCUT2D eigenvalue weighted by Crippen LogP contribution is 2.43. The topological polar surface area (TPSA) is 86.6 Å². The van der Waals surface area contributed by atoms with E-state index in [9.17, 15) is 14.4 Å². The van der Waals surface area contributed by atoms with E-state index < -0.39 is 28.9 Å². The third kappa shape index (κ3) is 5.14. The van der Waals surface area contributed by atoms with Crippen molar-refractivity contribution in [2.45, 2.75) is 77.5 Å². The summed E-state index contributed by atoms with van der Waals surface area (Å²) >= 11 is 1.51. The van der Waals surface area contributed by atoms with Crippen molar-refractivity contribution in [3.63, 3.8) is 0 Å². The number of thiophene rings is 1. The van der Waals surface area contributed by atoms with Gasteiger partial charge < -0.3 is 19.4 Å². The van der Waals surface area contributed by atoms with Crippen LogP contribution in [0.5, 0.6) is 0 Å². The first-order valence-corrected chi connectivity index (χ1v) is 13.6. The van der Waals surface area contributed by atoms with Gasteiger partial charge in [0, 0.05) is 32.9 Å². The van der Waals surface area contributed by atoms with Gasteiger partial charge in [-0.1, -0.05) is 0 Å². The number of rotatable bonds is 5. The highest BCUT2D eigenvalue weighted by Gasteiger charge is 2.30. The number of ether oxygens (including phenoxy) is 2. The summed E-state index contributed by atoms with van der Waals surface area (Å²) < 4.78 is 27.9. The fourth-order valence-electron chi connectivity index (χ4n) is 4.86. The summed E-state index contributed by atoms with van der Waals surface area (Å²) in [5.41, 5.74) is 0.792. The minimum absolute atomic E-state index is 0.0731. The van der Waals surface area contributed by atoms with E-state index in [2.05, 4.69) is 5.32 Å². The first-order valence-electron chi connectivity index (χ1n) is 12.7. The summed E-state index contributed by atoms with van der Waals surface area (Å²) in [6.07, 6.45) is 5.49. The summed E-state index contributed by atoms with van der Waals surface area (Å²) in [6, 6.07) is 4.85. The summed E-state index contributed by atoms with van der Waals surface area (Å²) in [5.74, 6) is -1.22. The van der Waals surface area contributed by atoms with E-state index in [1.54, 1.807) is 19.2 Å². The van der Waals surface area contributed by atoms with Gasteiger partial charge in [-0.3, -0.25) is 4.79 Å². The zero-order valence-corrected chi connectivity index (χ0v) is 22.3. The summed E-state index contributed by atoms with van der Waals surface area (Å²) in [7, 11) is 0. The molecule has 5 rings (SSSR count). The van der Waals surface area contributed by atoms with Crippen LogP contribution >= 0.6 is 11.3 Å². The highest BCUT2D eigenvalue weighted by atomic mass is 32.1. The summed E-state index contributed by atoms with van der Waals surface area (Å²) in [6.45, 7) is 7.29. The largest absolute Gasteiger partial charge is 0.462 e. The number of aryl methyl sites for hydroxylation is 1. The van der Waals surface area contributed by atoms with Crippen LogP contribution in [0, 0.1) is 5.82 Å². The van der Waals surface area contributed by atoms with Crippen LogP contribution in [0.15, 0.2) is 29.2 Å². The quantitative estimate of drug-likeness (QED) is 0.395. The Morgan fingerprint density at radius 1 is 1.19 bits per heavy atom. The maximum atomic E-state index is 15.5. The Morgan fingerprint density at radius 3 is 2.62 bits per heavy atom. The molecule has 2 heterocycles. The number of amides is 1. The van der Waals surface area contributed by atoms with E-state index in [4.69, 9.17) is 9.47 Å². The molecule has 37 heavy (non-hydrogen) atoms. The third-order valence-corrected chi connectivity index (χ3v) is 7.87. The molecule has 196 valence electrons. The molecule has 1 unspecified atom stereocenters. The van der Waals surface area contributed by atoms with Gasteiger partial charge in [0.25, 0.3) is 0 Å². The molecule has 1 saturated carbocycles. The van der Waals surface area contributed by atoms with Gasteiger partial charge in [0.2, 0.25) is 5.43 Å². The fraction of sp³-hybridized carbons (Fsp3) is 0.464. The van der Waals surface area contributed by atoms with Crippen molar-refractivity contribution < 1.29 is 23.5 Å². The normalized spacial score (nSPS) is 17.4. The minimum atomic E-state index is -0.692. The number of esters is 1. The van der Waals surface area contributed by atoms with Crippen LogP contribution in [0.2, 0.25) is 0 Å². The number of nitrogens with zero attached hydrogens (tertiary/aromatic N) is 1. The lowest BCUT2D eigenvalue weighted by Gasteiger charge is -2.26. The number of pyridine rings is 1. The lowest BCUT2D eigenvalue weighted by molar-refractivity contribution is 0.0495. The van der Waals surface area contributed by atoms with Gasteiger partial charge in [0.15, 0.2) is 0 Å². The molecule has 2 aromatic heterocycles. The highest BCUT2D eigenvalue weighted by molar-refractivity contribution is 7.15. The van der Waals surface area contributed by atoms with Gasteiger partial charge >= 0.3 is 12.1 Å². The number of hydrogen-bond acceptors (Lipinski definition) is 6. The van der Waals surface area contributed by atoms with Crippen LogP contribution in [0.4, 0.5) is 9.18 Å². The zero-order valence-electron chi connectivity index (χ0n) is 21.5. The molecule has 3 aromatic rings. The molecule has 1 amide bonds. The van der Waals surface area contributed by atoms with Gasteiger partial charge in [-0.05, 0) is 83.6 Å². The van der Waals surface area contributed by atoms with Crippen molar-refractivity contribution in [3.8, 4) is 10.4 Å². The molecule has 0 radical (unpaired) electrons. The number of carbonyl (C=O) groups excluding carboxylic acids is 2. The Balaban J connectivity index is 1.55. The molecule has 0 aliphatic heterocycles. The number of halogens is 1. The van der Waals surface area contributed by atoms with Crippen LogP contribution in [-0.2, 0) is 15.9 Å². The van der Waals surface area contributed by atoms with Gasteiger partial charge in [-0.2, -0.15) is 0 Å². The molecule has 1 atom stereocenters. The molecular formula is C28H31FN2O5S. The van der Waals surface area contributed by atoms with Crippen LogP contribution in [0.25, 0.3) is 21.3 Å². The Morgan fingerprint density at radius 2 is 1.95 bits per heavy atom. The second kappa shape index (κ2) is 9.59. The average Bonchev–Trinajstić information content (AvgIpc) is 3.56. The number of aromatic nitrogens is 1. The van der Waals surface area contributed by atoms with Gasteiger partial charge in [0.05, 0.1) is 18.2 Å². The Bertz CT molecular complexity index is 1450. The van der Waals surface area contributed by atoms with Crippen molar-refractivity contribution in [2.75, 3.05) is 6.61 Å². The Labute approximate surface area is 218 Å². The first kappa shape index (κ1) is 25.4. The SMILES string of the molecule is CCOC(=O)c1cn(C2CC2)c2cc(-c3cc4c(s3)CCCC4NC(=O)OC(C)(C)C)c(F)cc2c1=O. The first-order chi connectivity index (χ1) is 17.6.